The zero-order chi connectivity index (χ0) is 17.8. The van der Waals surface area contributed by atoms with Crippen molar-refractivity contribution in [1.29, 1.82) is 0 Å². The van der Waals surface area contributed by atoms with Crippen molar-refractivity contribution in [2.24, 2.45) is 0 Å². The molecule has 3 rings (SSSR count). The third-order valence-electron chi connectivity index (χ3n) is 3.17. The molecule has 0 unspecified atom stereocenters. The Hall–Kier alpha value is -2.81. The van der Waals surface area contributed by atoms with Crippen LogP contribution in [0.4, 0.5) is 14.5 Å². The van der Waals surface area contributed by atoms with Crippen LogP contribution >= 0.6 is 11.8 Å². The molecule has 0 saturated carbocycles. The average Bonchev–Trinajstić information content (AvgIpc) is 3.07. The van der Waals surface area contributed by atoms with Crippen molar-refractivity contribution in [3.8, 4) is 11.5 Å². The normalized spacial score (nSPS) is 12.0. The van der Waals surface area contributed by atoms with Gasteiger partial charge in [0.25, 0.3) is 5.22 Å². The summed E-state index contributed by atoms with van der Waals surface area (Å²) < 4.78 is 32.6. The first kappa shape index (κ1) is 17.0. The van der Waals surface area contributed by atoms with Crippen LogP contribution in [0.1, 0.15) is 6.92 Å². The number of anilines is 1. The van der Waals surface area contributed by atoms with Crippen molar-refractivity contribution in [1.82, 2.24) is 15.2 Å². The van der Waals surface area contributed by atoms with Crippen LogP contribution in [0.2, 0.25) is 0 Å². The minimum atomic E-state index is -0.845. The number of thioether (sulfide) groups is 1. The van der Waals surface area contributed by atoms with Crippen molar-refractivity contribution in [3.63, 3.8) is 0 Å². The largest absolute Gasteiger partial charge is 0.411 e. The fourth-order valence-corrected chi connectivity index (χ4v) is 2.59. The predicted octanol–water partition coefficient (Wildman–Crippen LogP) is 3.53. The number of hydrogen-bond donors (Lipinski definition) is 1. The van der Waals surface area contributed by atoms with Gasteiger partial charge in [-0.1, -0.05) is 17.8 Å². The molecule has 128 valence electrons. The van der Waals surface area contributed by atoms with E-state index in [9.17, 15) is 13.6 Å². The molecule has 2 aromatic heterocycles. The predicted molar refractivity (Wildman–Crippen MR) is 87.8 cm³/mol. The van der Waals surface area contributed by atoms with Gasteiger partial charge in [0.05, 0.1) is 10.8 Å². The number of nitrogens with zero attached hydrogens (tertiary/aromatic N) is 3. The first-order chi connectivity index (χ1) is 12.0. The van der Waals surface area contributed by atoms with E-state index < -0.39 is 28.5 Å². The molecule has 1 atom stereocenters. The Labute approximate surface area is 145 Å². The van der Waals surface area contributed by atoms with Crippen molar-refractivity contribution in [2.45, 2.75) is 17.4 Å². The van der Waals surface area contributed by atoms with E-state index >= 15 is 0 Å². The van der Waals surface area contributed by atoms with Gasteiger partial charge >= 0.3 is 0 Å². The highest BCUT2D eigenvalue weighted by molar-refractivity contribution is 8.00. The smallest absolute Gasteiger partial charge is 0.277 e. The summed E-state index contributed by atoms with van der Waals surface area (Å²) in [5.41, 5.74) is 0.161. The fourth-order valence-electron chi connectivity index (χ4n) is 1.91. The third kappa shape index (κ3) is 4.00. The zero-order valence-electron chi connectivity index (χ0n) is 12.9. The summed E-state index contributed by atoms with van der Waals surface area (Å²) in [6.45, 7) is 1.56. The number of para-hydroxylation sites is 1. The van der Waals surface area contributed by atoms with Gasteiger partial charge in [-0.15, -0.1) is 10.2 Å². The van der Waals surface area contributed by atoms with Gasteiger partial charge in [0.15, 0.2) is 0 Å². The van der Waals surface area contributed by atoms with Gasteiger partial charge in [-0.25, -0.2) is 8.78 Å². The van der Waals surface area contributed by atoms with Gasteiger partial charge in [-0.05, 0) is 31.2 Å². The number of hydrogen-bond acceptors (Lipinski definition) is 6. The van der Waals surface area contributed by atoms with Gasteiger partial charge in [-0.2, -0.15) is 0 Å². The van der Waals surface area contributed by atoms with Crippen LogP contribution in [0.15, 0.2) is 52.4 Å². The second kappa shape index (κ2) is 7.39. The molecule has 6 nitrogen and oxygen atoms in total. The summed E-state index contributed by atoms with van der Waals surface area (Å²) in [6.07, 6.45) is 3.18. The van der Waals surface area contributed by atoms with Crippen LogP contribution in [0.25, 0.3) is 11.5 Å². The molecule has 25 heavy (non-hydrogen) atoms. The van der Waals surface area contributed by atoms with Gasteiger partial charge in [-0.3, -0.25) is 9.78 Å². The Kier molecular flexibility index (Phi) is 5.03. The average molecular weight is 362 g/mol. The number of benzene rings is 1. The lowest BCUT2D eigenvalue weighted by atomic mass is 10.3. The molecule has 3 aromatic rings. The topological polar surface area (TPSA) is 80.9 Å². The van der Waals surface area contributed by atoms with Crippen LogP contribution in [-0.4, -0.2) is 26.3 Å². The number of nitrogens with one attached hydrogen (secondary N) is 1. The van der Waals surface area contributed by atoms with E-state index in [1.807, 2.05) is 0 Å². The number of pyridine rings is 1. The van der Waals surface area contributed by atoms with Gasteiger partial charge < -0.3 is 9.73 Å². The Morgan fingerprint density at radius 1 is 1.20 bits per heavy atom. The maximum atomic E-state index is 13.6. The van der Waals surface area contributed by atoms with Gasteiger partial charge in [0.2, 0.25) is 11.8 Å². The van der Waals surface area contributed by atoms with Crippen LogP contribution in [0, 0.1) is 11.6 Å². The number of aromatic nitrogens is 3. The highest BCUT2D eigenvalue weighted by atomic mass is 32.2. The van der Waals surface area contributed by atoms with E-state index in [-0.39, 0.29) is 11.1 Å². The first-order valence-corrected chi connectivity index (χ1v) is 8.08. The van der Waals surface area contributed by atoms with Crippen molar-refractivity contribution in [3.05, 3.63) is 54.4 Å². The molecule has 1 aromatic carbocycles. The molecule has 0 aliphatic rings. The Balaban J connectivity index is 1.67. The SMILES string of the molecule is C[C@H](Sc1nnc(-c2cccnc2)o1)C(=O)Nc1c(F)cccc1F. The Bertz CT molecular complexity index is 869. The minimum absolute atomic E-state index is 0.163. The standard InChI is InChI=1S/C16H12F2N4O2S/c1-9(14(23)20-13-11(17)5-2-6-12(13)18)25-16-22-21-15(24-16)10-4-3-7-19-8-10/h2-9H,1H3,(H,20,23)/t9-/m0/s1. The second-order valence-electron chi connectivity index (χ2n) is 4.96. The maximum Gasteiger partial charge on any atom is 0.277 e. The number of rotatable bonds is 5. The van der Waals surface area contributed by atoms with Gasteiger partial charge in [0, 0.05) is 12.4 Å². The zero-order valence-corrected chi connectivity index (χ0v) is 13.8. The van der Waals surface area contributed by atoms with E-state index in [0.717, 1.165) is 23.9 Å². The number of amides is 1. The lowest BCUT2D eigenvalue weighted by molar-refractivity contribution is -0.115. The summed E-state index contributed by atoms with van der Waals surface area (Å²) in [5.74, 6) is -2.01. The van der Waals surface area contributed by atoms with E-state index in [0.29, 0.717) is 5.56 Å². The highest BCUT2D eigenvalue weighted by Gasteiger charge is 2.21. The second-order valence-corrected chi connectivity index (χ2v) is 6.25. The van der Waals surface area contributed by atoms with E-state index in [4.69, 9.17) is 4.42 Å². The lowest BCUT2D eigenvalue weighted by Gasteiger charge is -2.11. The summed E-state index contributed by atoms with van der Waals surface area (Å²) >= 11 is 0.981. The number of carbonyl (C=O) groups is 1. The summed E-state index contributed by atoms with van der Waals surface area (Å²) in [4.78, 5) is 16.1. The maximum absolute atomic E-state index is 13.6. The molecule has 9 heteroatoms. The first-order valence-electron chi connectivity index (χ1n) is 7.20. The van der Waals surface area contributed by atoms with Crippen LogP contribution in [0.3, 0.4) is 0 Å². The third-order valence-corrected chi connectivity index (χ3v) is 4.11. The lowest BCUT2D eigenvalue weighted by Crippen LogP contribution is -2.23. The Morgan fingerprint density at radius 2 is 1.96 bits per heavy atom. The van der Waals surface area contributed by atoms with Crippen LogP contribution < -0.4 is 5.32 Å². The molecule has 0 aliphatic carbocycles. The molecule has 2 heterocycles. The van der Waals surface area contributed by atoms with Crippen molar-refractivity contribution >= 4 is 23.4 Å². The molecule has 0 spiro atoms. The molecule has 0 bridgehead atoms. The van der Waals surface area contributed by atoms with Crippen LogP contribution in [0.5, 0.6) is 0 Å². The van der Waals surface area contributed by atoms with E-state index in [1.165, 1.54) is 6.07 Å². The van der Waals surface area contributed by atoms with Gasteiger partial charge in [0.1, 0.15) is 17.3 Å². The molecule has 0 saturated heterocycles. The molecule has 1 N–H and O–H groups in total. The van der Waals surface area contributed by atoms with Crippen molar-refractivity contribution in [2.75, 3.05) is 5.32 Å². The Morgan fingerprint density at radius 3 is 2.64 bits per heavy atom. The molecule has 0 fully saturated rings. The highest BCUT2D eigenvalue weighted by Crippen LogP contribution is 2.27. The minimum Gasteiger partial charge on any atom is -0.411 e. The van der Waals surface area contributed by atoms with Crippen LogP contribution in [-0.2, 0) is 4.79 Å². The van der Waals surface area contributed by atoms with E-state index in [1.54, 1.807) is 31.5 Å². The number of carbonyl (C=O) groups excluding carboxylic acids is 1. The summed E-state index contributed by atoms with van der Waals surface area (Å²) in [7, 11) is 0. The molecular weight excluding hydrogens is 350 g/mol. The molecule has 0 radical (unpaired) electrons. The fraction of sp³-hybridized carbons (Fsp3) is 0.125. The molecular formula is C16H12F2N4O2S. The number of halogens is 2. The molecule has 1 amide bonds. The summed E-state index contributed by atoms with van der Waals surface area (Å²) in [5, 5.41) is 9.41. The quantitative estimate of drug-likeness (QED) is 0.700. The van der Waals surface area contributed by atoms with E-state index in [2.05, 4.69) is 20.5 Å². The molecule has 0 aliphatic heterocycles. The monoisotopic (exact) mass is 362 g/mol. The summed E-state index contributed by atoms with van der Waals surface area (Å²) in [6, 6.07) is 6.83. The van der Waals surface area contributed by atoms with Crippen molar-refractivity contribution < 1.29 is 18.0 Å².